The van der Waals surface area contributed by atoms with Crippen molar-refractivity contribution in [3.8, 4) is 0 Å². The highest BCUT2D eigenvalue weighted by Crippen LogP contribution is 2.29. The fourth-order valence-electron chi connectivity index (χ4n) is 1.37. The van der Waals surface area contributed by atoms with E-state index in [0.717, 1.165) is 6.08 Å². The summed E-state index contributed by atoms with van der Waals surface area (Å²) < 4.78 is 0. The fraction of sp³-hybridized carbons (Fsp3) is 0. The first-order valence-corrected chi connectivity index (χ1v) is 4.27. The molecule has 0 saturated carbocycles. The van der Waals surface area contributed by atoms with Gasteiger partial charge in [0.05, 0.1) is 5.02 Å². The van der Waals surface area contributed by atoms with Crippen LogP contribution in [0.3, 0.4) is 0 Å². The summed E-state index contributed by atoms with van der Waals surface area (Å²) in [6.45, 7) is 0. The van der Waals surface area contributed by atoms with Crippen LogP contribution < -0.4 is 0 Å². The monoisotopic (exact) mass is 208 g/mol. The molecule has 0 bridgehead atoms. The first-order chi connectivity index (χ1) is 6.61. The quantitative estimate of drug-likeness (QED) is 0.664. The third kappa shape index (κ3) is 1.14. The van der Waals surface area contributed by atoms with Crippen LogP contribution in [0.4, 0.5) is 0 Å². The minimum atomic E-state index is -0.725. The smallest absolute Gasteiger partial charge is 0.233 e. The molecule has 0 heterocycles. The van der Waals surface area contributed by atoms with Gasteiger partial charge in [0.1, 0.15) is 5.76 Å². The van der Waals surface area contributed by atoms with Crippen molar-refractivity contribution in [1.29, 1.82) is 0 Å². The second kappa shape index (κ2) is 2.96. The van der Waals surface area contributed by atoms with E-state index >= 15 is 0 Å². The van der Waals surface area contributed by atoms with E-state index in [1.807, 2.05) is 0 Å². The number of aliphatic hydroxyl groups is 1. The summed E-state index contributed by atoms with van der Waals surface area (Å²) in [7, 11) is 0. The molecule has 0 radical (unpaired) electrons. The van der Waals surface area contributed by atoms with E-state index < -0.39 is 11.6 Å². The van der Waals surface area contributed by atoms with Gasteiger partial charge >= 0.3 is 0 Å². The zero-order chi connectivity index (χ0) is 10.3. The van der Waals surface area contributed by atoms with E-state index in [-0.39, 0.29) is 21.9 Å². The SMILES string of the molecule is O=C1C=C(O)c2c(Cl)cccc2C1=O. The van der Waals surface area contributed by atoms with Gasteiger partial charge in [-0.05, 0) is 6.07 Å². The van der Waals surface area contributed by atoms with Gasteiger partial charge in [-0.2, -0.15) is 0 Å². The van der Waals surface area contributed by atoms with Gasteiger partial charge in [-0.25, -0.2) is 0 Å². The van der Waals surface area contributed by atoms with Crippen LogP contribution in [0.15, 0.2) is 24.3 Å². The van der Waals surface area contributed by atoms with Gasteiger partial charge in [-0.1, -0.05) is 23.7 Å². The van der Waals surface area contributed by atoms with Crippen molar-refractivity contribution >= 4 is 28.9 Å². The van der Waals surface area contributed by atoms with Crippen molar-refractivity contribution in [1.82, 2.24) is 0 Å². The third-order valence-corrected chi connectivity index (χ3v) is 2.32. The van der Waals surface area contributed by atoms with Gasteiger partial charge in [-0.3, -0.25) is 9.59 Å². The fourth-order valence-corrected chi connectivity index (χ4v) is 1.64. The van der Waals surface area contributed by atoms with Crippen LogP contribution in [0, 0.1) is 0 Å². The summed E-state index contributed by atoms with van der Waals surface area (Å²) in [6.07, 6.45) is 0.885. The maximum absolute atomic E-state index is 11.4. The number of benzene rings is 1. The zero-order valence-corrected chi connectivity index (χ0v) is 7.71. The van der Waals surface area contributed by atoms with Crippen molar-refractivity contribution in [3.05, 3.63) is 40.4 Å². The molecule has 0 atom stereocenters. The van der Waals surface area contributed by atoms with Crippen LogP contribution in [-0.2, 0) is 4.79 Å². The number of rotatable bonds is 0. The molecule has 70 valence electrons. The molecular weight excluding hydrogens is 204 g/mol. The number of carbonyl (C=O) groups excluding carboxylic acids is 2. The van der Waals surface area contributed by atoms with Crippen LogP contribution in [0.5, 0.6) is 0 Å². The second-order valence-electron chi connectivity index (χ2n) is 2.89. The summed E-state index contributed by atoms with van der Waals surface area (Å²) in [5, 5.41) is 9.70. The van der Waals surface area contributed by atoms with Crippen molar-refractivity contribution < 1.29 is 14.7 Å². The molecule has 1 aromatic rings. The lowest BCUT2D eigenvalue weighted by Crippen LogP contribution is -2.18. The van der Waals surface area contributed by atoms with Crippen LogP contribution in [-0.4, -0.2) is 16.7 Å². The van der Waals surface area contributed by atoms with Crippen molar-refractivity contribution in [2.75, 3.05) is 0 Å². The average Bonchev–Trinajstić information content (AvgIpc) is 2.14. The molecule has 3 nitrogen and oxygen atoms in total. The van der Waals surface area contributed by atoms with Crippen LogP contribution in [0.1, 0.15) is 15.9 Å². The highest BCUT2D eigenvalue weighted by molar-refractivity contribution is 6.51. The molecule has 0 aromatic heterocycles. The van der Waals surface area contributed by atoms with Gasteiger partial charge in [0.2, 0.25) is 11.6 Å². The number of ketones is 2. The van der Waals surface area contributed by atoms with Crippen molar-refractivity contribution in [2.24, 2.45) is 0 Å². The zero-order valence-electron chi connectivity index (χ0n) is 6.95. The number of halogens is 1. The molecule has 0 spiro atoms. The lowest BCUT2D eigenvalue weighted by Gasteiger charge is -2.12. The highest BCUT2D eigenvalue weighted by Gasteiger charge is 2.26. The normalized spacial score (nSPS) is 15.1. The molecule has 0 fully saturated rings. The Morgan fingerprint density at radius 1 is 1.21 bits per heavy atom. The van der Waals surface area contributed by atoms with E-state index in [2.05, 4.69) is 0 Å². The van der Waals surface area contributed by atoms with Gasteiger partial charge < -0.3 is 5.11 Å². The first kappa shape index (κ1) is 8.97. The van der Waals surface area contributed by atoms with Crippen molar-refractivity contribution in [3.63, 3.8) is 0 Å². The molecule has 1 aliphatic carbocycles. The Kier molecular flexibility index (Phi) is 1.89. The molecule has 1 N–H and O–H groups in total. The Labute approximate surface area is 84.6 Å². The maximum Gasteiger partial charge on any atom is 0.233 e. The van der Waals surface area contributed by atoms with Crippen LogP contribution in [0.2, 0.25) is 5.02 Å². The van der Waals surface area contributed by atoms with E-state index in [1.54, 1.807) is 12.1 Å². The summed E-state index contributed by atoms with van der Waals surface area (Å²) in [5.41, 5.74) is 0.390. The Bertz CT molecular complexity index is 474. The lowest BCUT2D eigenvalue weighted by molar-refractivity contribution is -0.111. The third-order valence-electron chi connectivity index (χ3n) is 2.01. The molecule has 1 aliphatic rings. The van der Waals surface area contributed by atoms with Gasteiger partial charge in [0, 0.05) is 17.2 Å². The number of Topliss-reactive ketones (excluding diaryl/α,β-unsaturated/α-hetero) is 1. The Morgan fingerprint density at radius 3 is 2.64 bits per heavy atom. The Hall–Kier alpha value is -1.61. The van der Waals surface area contributed by atoms with E-state index in [9.17, 15) is 14.7 Å². The minimum Gasteiger partial charge on any atom is -0.507 e. The Balaban J connectivity index is 2.78. The number of carbonyl (C=O) groups is 2. The molecule has 0 unspecified atom stereocenters. The summed E-state index contributed by atoms with van der Waals surface area (Å²) >= 11 is 5.79. The van der Waals surface area contributed by atoms with Crippen LogP contribution in [0.25, 0.3) is 5.76 Å². The lowest BCUT2D eigenvalue weighted by atomic mass is 9.94. The number of fused-ring (bicyclic) bond motifs is 1. The number of hydrogen-bond donors (Lipinski definition) is 1. The largest absolute Gasteiger partial charge is 0.507 e. The molecular formula is C10H5ClO3. The minimum absolute atomic E-state index is 0.155. The van der Waals surface area contributed by atoms with Gasteiger partial charge in [0.15, 0.2) is 0 Å². The molecule has 4 heteroatoms. The van der Waals surface area contributed by atoms with Gasteiger partial charge in [-0.15, -0.1) is 0 Å². The number of allylic oxidation sites excluding steroid dienone is 1. The van der Waals surface area contributed by atoms with E-state index in [4.69, 9.17) is 11.6 Å². The summed E-state index contributed by atoms with van der Waals surface area (Å²) in [6, 6.07) is 4.57. The Morgan fingerprint density at radius 2 is 1.93 bits per heavy atom. The highest BCUT2D eigenvalue weighted by atomic mass is 35.5. The van der Waals surface area contributed by atoms with Crippen LogP contribution >= 0.6 is 11.6 Å². The predicted octanol–water partition coefficient (Wildman–Crippen LogP) is 2.00. The van der Waals surface area contributed by atoms with E-state index in [0.29, 0.717) is 0 Å². The van der Waals surface area contributed by atoms with Crippen molar-refractivity contribution in [2.45, 2.75) is 0 Å². The summed E-state index contributed by atoms with van der Waals surface area (Å²) in [4.78, 5) is 22.4. The molecule has 1 aromatic carbocycles. The van der Waals surface area contributed by atoms with E-state index in [1.165, 1.54) is 6.07 Å². The molecule has 14 heavy (non-hydrogen) atoms. The topological polar surface area (TPSA) is 54.4 Å². The average molecular weight is 209 g/mol. The number of hydrogen-bond acceptors (Lipinski definition) is 3. The summed E-state index contributed by atoms with van der Waals surface area (Å²) in [5.74, 6) is -1.62. The first-order valence-electron chi connectivity index (χ1n) is 3.89. The molecule has 0 amide bonds. The number of aliphatic hydroxyl groups excluding tert-OH is 1. The molecule has 0 aliphatic heterocycles. The van der Waals surface area contributed by atoms with Gasteiger partial charge in [0.25, 0.3) is 0 Å². The maximum atomic E-state index is 11.4. The second-order valence-corrected chi connectivity index (χ2v) is 3.29. The predicted molar refractivity (Wildman–Crippen MR) is 51.4 cm³/mol. The molecule has 2 rings (SSSR count). The molecule has 0 saturated heterocycles. The standard InChI is InChI=1S/C10H5ClO3/c11-6-3-1-2-5-9(6)7(12)4-8(13)10(5)14/h1-4,12H.